The molecule has 2 N–H and O–H groups in total. The Labute approximate surface area is 127 Å². The van der Waals surface area contributed by atoms with Gasteiger partial charge in [0.2, 0.25) is 5.95 Å². The zero-order valence-electron chi connectivity index (χ0n) is 13.3. The molecule has 1 aliphatic heterocycles. The summed E-state index contributed by atoms with van der Waals surface area (Å²) in [6.45, 7) is 8.50. The number of hydrogen-bond donors (Lipinski definition) is 2. The molecule has 0 radical (unpaired) electrons. The highest BCUT2D eigenvalue weighted by Gasteiger charge is 2.21. The molecule has 0 aliphatic carbocycles. The van der Waals surface area contributed by atoms with Gasteiger partial charge in [-0.2, -0.15) is 0 Å². The summed E-state index contributed by atoms with van der Waals surface area (Å²) in [5.41, 5.74) is 1.13. The molecule has 0 saturated carbocycles. The molecule has 5 heteroatoms. The van der Waals surface area contributed by atoms with Crippen LogP contribution in [-0.4, -0.2) is 41.3 Å². The lowest BCUT2D eigenvalue weighted by Crippen LogP contribution is -2.36. The lowest BCUT2D eigenvalue weighted by molar-refractivity contribution is 0.244. The van der Waals surface area contributed by atoms with Crippen molar-refractivity contribution >= 4 is 5.95 Å². The van der Waals surface area contributed by atoms with Crippen molar-refractivity contribution in [2.24, 2.45) is 11.8 Å². The molecule has 118 valence electrons. The van der Waals surface area contributed by atoms with E-state index in [-0.39, 0.29) is 6.61 Å². The summed E-state index contributed by atoms with van der Waals surface area (Å²) in [6, 6.07) is 0. The molecule has 0 spiro atoms. The largest absolute Gasteiger partial charge is 0.396 e. The Morgan fingerprint density at radius 3 is 2.81 bits per heavy atom. The normalized spacial score (nSPS) is 19.2. The third-order valence-corrected chi connectivity index (χ3v) is 3.91. The molecule has 5 nitrogen and oxygen atoms in total. The first-order valence-corrected chi connectivity index (χ1v) is 8.06. The smallest absolute Gasteiger partial charge is 0.225 e. The van der Waals surface area contributed by atoms with Gasteiger partial charge in [-0.15, -0.1) is 0 Å². The fraction of sp³-hybridized carbons (Fsp3) is 0.750. The van der Waals surface area contributed by atoms with Crippen molar-refractivity contribution in [2.75, 3.05) is 31.1 Å². The maximum Gasteiger partial charge on any atom is 0.225 e. The number of rotatable bonds is 7. The second kappa shape index (κ2) is 8.29. The molecule has 2 heterocycles. The third kappa shape index (κ3) is 5.25. The average Bonchev–Trinajstić information content (AvgIpc) is 2.48. The van der Waals surface area contributed by atoms with Gasteiger partial charge in [0.25, 0.3) is 0 Å². The minimum Gasteiger partial charge on any atom is -0.396 e. The maximum absolute atomic E-state index is 9.08. The zero-order chi connectivity index (χ0) is 15.1. The molecule has 2 rings (SSSR count). The Hall–Kier alpha value is -1.20. The van der Waals surface area contributed by atoms with Gasteiger partial charge in [-0.3, -0.25) is 0 Å². The molecular weight excluding hydrogens is 264 g/mol. The summed E-state index contributed by atoms with van der Waals surface area (Å²) in [6.07, 6.45) is 7.09. The minimum atomic E-state index is 0.278. The Balaban J connectivity index is 1.86. The second-order valence-electron chi connectivity index (χ2n) is 6.38. The first-order chi connectivity index (χ1) is 10.2. The van der Waals surface area contributed by atoms with E-state index in [0.717, 1.165) is 50.5 Å². The highest BCUT2D eigenvalue weighted by molar-refractivity contribution is 5.30. The predicted octanol–water partition coefficient (Wildman–Crippen LogP) is 1.82. The van der Waals surface area contributed by atoms with Crippen molar-refractivity contribution in [2.45, 2.75) is 39.7 Å². The van der Waals surface area contributed by atoms with Gasteiger partial charge in [-0.25, -0.2) is 9.97 Å². The van der Waals surface area contributed by atoms with Crippen LogP contribution in [0.15, 0.2) is 12.4 Å². The fourth-order valence-corrected chi connectivity index (χ4v) is 2.77. The zero-order valence-corrected chi connectivity index (χ0v) is 13.3. The Morgan fingerprint density at radius 1 is 1.38 bits per heavy atom. The average molecular weight is 292 g/mol. The van der Waals surface area contributed by atoms with Crippen molar-refractivity contribution in [3.05, 3.63) is 18.0 Å². The highest BCUT2D eigenvalue weighted by atomic mass is 16.3. The van der Waals surface area contributed by atoms with Gasteiger partial charge in [0, 0.05) is 44.2 Å². The van der Waals surface area contributed by atoms with Crippen LogP contribution in [0.3, 0.4) is 0 Å². The number of nitrogens with zero attached hydrogens (tertiary/aromatic N) is 3. The van der Waals surface area contributed by atoms with Crippen LogP contribution in [0.25, 0.3) is 0 Å². The SMILES string of the molecule is CC(C)CNCc1cnc(N2CCCC(CCO)C2)nc1. The van der Waals surface area contributed by atoms with E-state index in [2.05, 4.69) is 34.0 Å². The van der Waals surface area contributed by atoms with E-state index in [9.17, 15) is 0 Å². The topological polar surface area (TPSA) is 61.3 Å². The van der Waals surface area contributed by atoms with Crippen LogP contribution in [-0.2, 0) is 6.54 Å². The van der Waals surface area contributed by atoms with Gasteiger partial charge in [0.1, 0.15) is 0 Å². The Bertz CT molecular complexity index is 405. The van der Waals surface area contributed by atoms with Crippen LogP contribution in [0.4, 0.5) is 5.95 Å². The monoisotopic (exact) mass is 292 g/mol. The molecule has 0 aromatic carbocycles. The summed E-state index contributed by atoms with van der Waals surface area (Å²) in [5, 5.41) is 12.5. The van der Waals surface area contributed by atoms with Gasteiger partial charge >= 0.3 is 0 Å². The van der Waals surface area contributed by atoms with Crippen molar-refractivity contribution in [1.29, 1.82) is 0 Å². The Kier molecular flexibility index (Phi) is 6.39. The lowest BCUT2D eigenvalue weighted by atomic mass is 9.95. The van der Waals surface area contributed by atoms with Crippen molar-refractivity contribution in [1.82, 2.24) is 15.3 Å². The van der Waals surface area contributed by atoms with Gasteiger partial charge in [0.15, 0.2) is 0 Å². The van der Waals surface area contributed by atoms with Crippen LogP contribution in [0.1, 0.15) is 38.7 Å². The Morgan fingerprint density at radius 2 is 2.14 bits per heavy atom. The van der Waals surface area contributed by atoms with E-state index >= 15 is 0 Å². The summed E-state index contributed by atoms with van der Waals surface area (Å²) in [7, 11) is 0. The third-order valence-electron chi connectivity index (χ3n) is 3.91. The van der Waals surface area contributed by atoms with Gasteiger partial charge < -0.3 is 15.3 Å². The number of aliphatic hydroxyl groups excluding tert-OH is 1. The van der Waals surface area contributed by atoms with Gasteiger partial charge in [-0.05, 0) is 37.6 Å². The molecule has 0 amide bonds. The molecule has 1 saturated heterocycles. The second-order valence-corrected chi connectivity index (χ2v) is 6.38. The van der Waals surface area contributed by atoms with Gasteiger partial charge in [-0.1, -0.05) is 13.8 Å². The molecule has 1 aromatic rings. The molecule has 21 heavy (non-hydrogen) atoms. The van der Waals surface area contributed by atoms with E-state index in [1.54, 1.807) is 0 Å². The van der Waals surface area contributed by atoms with Crippen LogP contribution >= 0.6 is 0 Å². The lowest BCUT2D eigenvalue weighted by Gasteiger charge is -2.32. The first kappa shape index (κ1) is 16.2. The standard InChI is InChI=1S/C16H28N4O/c1-13(2)8-17-9-15-10-18-16(19-11-15)20-6-3-4-14(12-20)5-7-21/h10-11,13-14,17,21H,3-9,12H2,1-2H3. The molecular formula is C16H28N4O. The summed E-state index contributed by atoms with van der Waals surface area (Å²) >= 11 is 0. The number of nitrogens with one attached hydrogen (secondary N) is 1. The minimum absolute atomic E-state index is 0.278. The van der Waals surface area contributed by atoms with E-state index in [1.165, 1.54) is 6.42 Å². The molecule has 0 bridgehead atoms. The van der Waals surface area contributed by atoms with E-state index in [4.69, 9.17) is 5.11 Å². The summed E-state index contributed by atoms with van der Waals surface area (Å²) in [4.78, 5) is 11.3. The number of piperidine rings is 1. The molecule has 1 aromatic heterocycles. The van der Waals surface area contributed by atoms with Gasteiger partial charge in [0.05, 0.1) is 0 Å². The van der Waals surface area contributed by atoms with Crippen LogP contribution in [0, 0.1) is 11.8 Å². The molecule has 1 fully saturated rings. The number of hydrogen-bond acceptors (Lipinski definition) is 5. The number of aromatic nitrogens is 2. The fourth-order valence-electron chi connectivity index (χ4n) is 2.77. The van der Waals surface area contributed by atoms with Crippen molar-refractivity contribution in [3.8, 4) is 0 Å². The van der Waals surface area contributed by atoms with E-state index in [0.29, 0.717) is 11.8 Å². The summed E-state index contributed by atoms with van der Waals surface area (Å²) in [5.74, 6) is 2.05. The number of aliphatic hydroxyl groups is 1. The first-order valence-electron chi connectivity index (χ1n) is 8.06. The quantitative estimate of drug-likeness (QED) is 0.803. The highest BCUT2D eigenvalue weighted by Crippen LogP contribution is 2.22. The van der Waals surface area contributed by atoms with Crippen LogP contribution in [0.2, 0.25) is 0 Å². The van der Waals surface area contributed by atoms with Crippen molar-refractivity contribution < 1.29 is 5.11 Å². The van der Waals surface area contributed by atoms with Crippen molar-refractivity contribution in [3.63, 3.8) is 0 Å². The van der Waals surface area contributed by atoms with E-state index in [1.807, 2.05) is 12.4 Å². The van der Waals surface area contributed by atoms with Crippen LogP contribution < -0.4 is 10.2 Å². The summed E-state index contributed by atoms with van der Waals surface area (Å²) < 4.78 is 0. The molecule has 1 atom stereocenters. The maximum atomic E-state index is 9.08. The number of anilines is 1. The van der Waals surface area contributed by atoms with Crippen LogP contribution in [0.5, 0.6) is 0 Å². The predicted molar refractivity (Wildman–Crippen MR) is 85.2 cm³/mol. The van der Waals surface area contributed by atoms with E-state index < -0.39 is 0 Å². The molecule has 1 unspecified atom stereocenters. The molecule has 1 aliphatic rings.